The smallest absolute Gasteiger partial charge is 0.248 e. The molecular weight excluding hydrogens is 442 g/mol. The zero-order valence-electron chi connectivity index (χ0n) is 18.8. The van der Waals surface area contributed by atoms with Crippen LogP contribution in [0.2, 0.25) is 0 Å². The summed E-state index contributed by atoms with van der Waals surface area (Å²) in [6, 6.07) is 2.10. The standard InChI is InChI=1S/C20H33N3O6S2/c1-12(2)10-13(17(24)22-16(19(26)21-6)20(3,4)5)14(18(25)23-27)11-31(28,29)15-8-7-9-30-15/h7-9,12-14,16,27H,10-11H2,1-6H3,(H,21,26)(H,22,24)(H,23,25)/t13-,14-,16-/m1/s1. The van der Waals surface area contributed by atoms with Gasteiger partial charge in [-0.1, -0.05) is 40.7 Å². The molecule has 0 unspecified atom stereocenters. The fraction of sp³-hybridized carbons (Fsp3) is 0.650. The molecule has 4 N–H and O–H groups in total. The number of carbonyl (C=O) groups excluding carboxylic acids is 3. The molecule has 0 bridgehead atoms. The topological polar surface area (TPSA) is 142 Å². The SMILES string of the molecule is CNC(=O)[C@@H](NC(=O)[C@H](CC(C)C)[C@@H](CS(=O)(=O)c1cccs1)C(=O)NO)C(C)(C)C. The van der Waals surface area contributed by atoms with E-state index in [1.54, 1.807) is 32.2 Å². The maximum atomic E-state index is 13.2. The first kappa shape index (κ1) is 27.1. The van der Waals surface area contributed by atoms with Crippen LogP contribution < -0.4 is 16.1 Å². The summed E-state index contributed by atoms with van der Waals surface area (Å²) in [4.78, 5) is 38.1. The van der Waals surface area contributed by atoms with Crippen LogP contribution in [0.5, 0.6) is 0 Å². The van der Waals surface area contributed by atoms with Gasteiger partial charge >= 0.3 is 0 Å². The Bertz CT molecular complexity index is 860. The van der Waals surface area contributed by atoms with Gasteiger partial charge in [-0.3, -0.25) is 19.6 Å². The molecule has 0 aliphatic heterocycles. The summed E-state index contributed by atoms with van der Waals surface area (Å²) < 4.78 is 25.7. The third-order valence-electron chi connectivity index (χ3n) is 4.86. The minimum absolute atomic E-state index is 0.0535. The molecule has 0 saturated carbocycles. The van der Waals surface area contributed by atoms with Gasteiger partial charge in [-0.05, 0) is 29.2 Å². The Morgan fingerprint density at radius 3 is 2.13 bits per heavy atom. The predicted octanol–water partition coefficient (Wildman–Crippen LogP) is 1.58. The fourth-order valence-electron chi connectivity index (χ4n) is 3.25. The van der Waals surface area contributed by atoms with Gasteiger partial charge in [0.1, 0.15) is 10.3 Å². The van der Waals surface area contributed by atoms with Gasteiger partial charge in [-0.25, -0.2) is 13.9 Å². The lowest BCUT2D eigenvalue weighted by molar-refractivity contribution is -0.141. The quantitative estimate of drug-likeness (QED) is 0.299. The fourth-order valence-corrected chi connectivity index (χ4v) is 5.96. The van der Waals surface area contributed by atoms with Gasteiger partial charge in [0.15, 0.2) is 9.84 Å². The lowest BCUT2D eigenvalue weighted by Gasteiger charge is -2.33. The minimum Gasteiger partial charge on any atom is -0.357 e. The Morgan fingerprint density at radius 1 is 1.10 bits per heavy atom. The zero-order chi connectivity index (χ0) is 24.0. The molecule has 0 spiro atoms. The third-order valence-corrected chi connectivity index (χ3v) is 8.12. The van der Waals surface area contributed by atoms with Crippen LogP contribution in [-0.2, 0) is 24.2 Å². The number of hydrogen-bond donors (Lipinski definition) is 4. The first-order valence-electron chi connectivity index (χ1n) is 9.96. The molecule has 0 fully saturated rings. The lowest BCUT2D eigenvalue weighted by Crippen LogP contribution is -2.56. The normalized spacial score (nSPS) is 15.1. The number of nitrogens with one attached hydrogen (secondary N) is 3. The summed E-state index contributed by atoms with van der Waals surface area (Å²) in [6.07, 6.45) is 0.189. The molecule has 11 heteroatoms. The van der Waals surface area contributed by atoms with Crippen molar-refractivity contribution in [1.82, 2.24) is 16.1 Å². The molecule has 31 heavy (non-hydrogen) atoms. The molecule has 0 aliphatic carbocycles. The van der Waals surface area contributed by atoms with Crippen LogP contribution in [0.25, 0.3) is 0 Å². The van der Waals surface area contributed by atoms with Crippen molar-refractivity contribution in [3.05, 3.63) is 17.5 Å². The maximum absolute atomic E-state index is 13.2. The minimum atomic E-state index is -3.88. The molecule has 3 atom stereocenters. The van der Waals surface area contributed by atoms with Crippen molar-refractivity contribution >= 4 is 38.9 Å². The van der Waals surface area contributed by atoms with Crippen LogP contribution in [0.4, 0.5) is 0 Å². The van der Waals surface area contributed by atoms with E-state index in [1.165, 1.54) is 18.6 Å². The number of carbonyl (C=O) groups is 3. The summed E-state index contributed by atoms with van der Waals surface area (Å²) in [5.41, 5.74) is 0.871. The van der Waals surface area contributed by atoms with E-state index in [0.717, 1.165) is 11.3 Å². The predicted molar refractivity (Wildman–Crippen MR) is 118 cm³/mol. The number of amides is 3. The van der Waals surface area contributed by atoms with Crippen molar-refractivity contribution in [3.63, 3.8) is 0 Å². The maximum Gasteiger partial charge on any atom is 0.248 e. The van der Waals surface area contributed by atoms with Crippen LogP contribution in [0, 0.1) is 23.2 Å². The highest BCUT2D eigenvalue weighted by Crippen LogP contribution is 2.28. The molecule has 0 aromatic carbocycles. The monoisotopic (exact) mass is 475 g/mol. The summed E-state index contributed by atoms with van der Waals surface area (Å²) in [7, 11) is -2.42. The van der Waals surface area contributed by atoms with E-state index in [2.05, 4.69) is 10.6 Å². The molecule has 3 amide bonds. The van der Waals surface area contributed by atoms with Gasteiger partial charge in [-0.15, -0.1) is 11.3 Å². The van der Waals surface area contributed by atoms with Gasteiger partial charge in [0.2, 0.25) is 17.7 Å². The van der Waals surface area contributed by atoms with Gasteiger partial charge in [-0.2, -0.15) is 0 Å². The van der Waals surface area contributed by atoms with Gasteiger partial charge in [0.25, 0.3) is 0 Å². The van der Waals surface area contributed by atoms with Crippen molar-refractivity contribution in [3.8, 4) is 0 Å². The second kappa shape index (κ2) is 11.1. The Hall–Kier alpha value is -1.98. The number of rotatable bonds is 10. The van der Waals surface area contributed by atoms with E-state index in [0.29, 0.717) is 0 Å². The molecule has 176 valence electrons. The van der Waals surface area contributed by atoms with Crippen LogP contribution in [-0.4, -0.2) is 50.2 Å². The Morgan fingerprint density at radius 2 is 1.71 bits per heavy atom. The van der Waals surface area contributed by atoms with E-state index in [4.69, 9.17) is 0 Å². The summed E-state index contributed by atoms with van der Waals surface area (Å²) >= 11 is 1.01. The second-order valence-electron chi connectivity index (χ2n) is 8.95. The van der Waals surface area contributed by atoms with Crippen molar-refractivity contribution in [2.45, 2.75) is 51.3 Å². The molecule has 0 saturated heterocycles. The number of likely N-dealkylation sites (N-methyl/N-ethyl adjacent to an activating group) is 1. The number of thiophene rings is 1. The van der Waals surface area contributed by atoms with E-state index >= 15 is 0 Å². The lowest BCUT2D eigenvalue weighted by atomic mass is 9.82. The first-order chi connectivity index (χ1) is 14.2. The number of sulfone groups is 1. The van der Waals surface area contributed by atoms with Gasteiger partial charge in [0.05, 0.1) is 17.6 Å². The van der Waals surface area contributed by atoms with Gasteiger partial charge < -0.3 is 10.6 Å². The number of hydrogen-bond acceptors (Lipinski definition) is 7. The van der Waals surface area contributed by atoms with E-state index in [1.807, 2.05) is 13.8 Å². The largest absolute Gasteiger partial charge is 0.357 e. The molecule has 1 heterocycles. The Kier molecular flexibility index (Phi) is 9.65. The molecule has 1 aromatic rings. The molecule has 0 radical (unpaired) electrons. The highest BCUT2D eigenvalue weighted by molar-refractivity contribution is 7.93. The van der Waals surface area contributed by atoms with Crippen molar-refractivity contribution in [2.24, 2.45) is 23.2 Å². The summed E-state index contributed by atoms with van der Waals surface area (Å²) in [5, 5.41) is 16.0. The second-order valence-corrected chi connectivity index (χ2v) is 12.2. The van der Waals surface area contributed by atoms with Crippen molar-refractivity contribution in [1.29, 1.82) is 0 Å². The average molecular weight is 476 g/mol. The zero-order valence-corrected chi connectivity index (χ0v) is 20.4. The average Bonchev–Trinajstić information content (AvgIpc) is 3.22. The van der Waals surface area contributed by atoms with Gasteiger partial charge in [0, 0.05) is 7.05 Å². The number of hydroxylamine groups is 1. The van der Waals surface area contributed by atoms with E-state index in [9.17, 15) is 28.0 Å². The Balaban J connectivity index is 3.33. The van der Waals surface area contributed by atoms with Crippen molar-refractivity contribution < 1.29 is 28.0 Å². The van der Waals surface area contributed by atoms with E-state index in [-0.39, 0.29) is 16.5 Å². The third kappa shape index (κ3) is 7.58. The van der Waals surface area contributed by atoms with Crippen molar-refractivity contribution in [2.75, 3.05) is 12.8 Å². The molecular formula is C20H33N3O6S2. The summed E-state index contributed by atoms with van der Waals surface area (Å²) in [5.74, 6) is -5.10. The first-order valence-corrected chi connectivity index (χ1v) is 12.5. The summed E-state index contributed by atoms with van der Waals surface area (Å²) in [6.45, 7) is 9.02. The highest BCUT2D eigenvalue weighted by atomic mass is 32.2. The van der Waals surface area contributed by atoms with Crippen LogP contribution in [0.3, 0.4) is 0 Å². The van der Waals surface area contributed by atoms with Crippen LogP contribution in [0.1, 0.15) is 41.0 Å². The Labute approximate surface area is 187 Å². The highest BCUT2D eigenvalue weighted by Gasteiger charge is 2.41. The molecule has 9 nitrogen and oxygen atoms in total. The molecule has 1 rings (SSSR count). The molecule has 1 aromatic heterocycles. The van der Waals surface area contributed by atoms with Crippen LogP contribution >= 0.6 is 11.3 Å². The van der Waals surface area contributed by atoms with Crippen LogP contribution in [0.15, 0.2) is 21.7 Å². The molecule has 0 aliphatic rings. The van der Waals surface area contributed by atoms with E-state index < -0.39 is 56.6 Å².